The first-order chi connectivity index (χ1) is 13.1. The Morgan fingerprint density at radius 2 is 1.26 bits per heavy atom. The van der Waals surface area contributed by atoms with E-state index in [4.69, 9.17) is 9.47 Å². The van der Waals surface area contributed by atoms with Crippen LogP contribution >= 0.6 is 0 Å². The molecule has 0 spiro atoms. The SMILES string of the molecule is Cc1ccc(C(=O)N2CCN(C(=O)c3ccc4c(c3)OCCO4)CC2)cc1. The maximum atomic E-state index is 12.8. The molecule has 0 atom stereocenters. The van der Waals surface area contributed by atoms with E-state index in [0.717, 1.165) is 5.56 Å². The number of piperazine rings is 1. The number of hydrogen-bond acceptors (Lipinski definition) is 4. The highest BCUT2D eigenvalue weighted by molar-refractivity contribution is 5.96. The molecule has 0 aromatic heterocycles. The molecule has 1 saturated heterocycles. The molecule has 2 amide bonds. The van der Waals surface area contributed by atoms with E-state index in [2.05, 4.69) is 0 Å². The smallest absolute Gasteiger partial charge is 0.254 e. The quantitative estimate of drug-likeness (QED) is 0.819. The number of nitrogens with zero attached hydrogens (tertiary/aromatic N) is 2. The molecule has 0 unspecified atom stereocenters. The Balaban J connectivity index is 1.39. The van der Waals surface area contributed by atoms with Gasteiger partial charge in [-0.2, -0.15) is 0 Å². The number of fused-ring (bicyclic) bond motifs is 1. The lowest BCUT2D eigenvalue weighted by Crippen LogP contribution is -2.50. The summed E-state index contributed by atoms with van der Waals surface area (Å²) in [6, 6.07) is 12.9. The Labute approximate surface area is 158 Å². The number of ether oxygens (including phenoxy) is 2. The summed E-state index contributed by atoms with van der Waals surface area (Å²) in [7, 11) is 0. The van der Waals surface area contributed by atoms with Crippen LogP contribution in [0.3, 0.4) is 0 Å². The average molecular weight is 366 g/mol. The number of carbonyl (C=O) groups excluding carboxylic acids is 2. The van der Waals surface area contributed by atoms with E-state index in [-0.39, 0.29) is 11.8 Å². The predicted octanol–water partition coefficient (Wildman–Crippen LogP) is 2.36. The lowest BCUT2D eigenvalue weighted by atomic mass is 10.1. The summed E-state index contributed by atoms with van der Waals surface area (Å²) in [5.41, 5.74) is 2.39. The van der Waals surface area contributed by atoms with E-state index >= 15 is 0 Å². The number of carbonyl (C=O) groups is 2. The second-order valence-corrected chi connectivity index (χ2v) is 6.81. The topological polar surface area (TPSA) is 59.1 Å². The van der Waals surface area contributed by atoms with Crippen LogP contribution in [0.1, 0.15) is 26.3 Å². The molecule has 140 valence electrons. The number of hydrogen-bond donors (Lipinski definition) is 0. The predicted molar refractivity (Wildman–Crippen MR) is 100 cm³/mol. The van der Waals surface area contributed by atoms with Crippen LogP contribution in [-0.4, -0.2) is 61.0 Å². The van der Waals surface area contributed by atoms with Crippen LogP contribution < -0.4 is 9.47 Å². The molecule has 0 aliphatic carbocycles. The molecule has 0 saturated carbocycles. The maximum absolute atomic E-state index is 12.8. The van der Waals surface area contributed by atoms with Crippen LogP contribution in [0, 0.1) is 6.92 Å². The van der Waals surface area contributed by atoms with E-state index < -0.39 is 0 Å². The lowest BCUT2D eigenvalue weighted by molar-refractivity contribution is 0.0535. The normalized spacial score (nSPS) is 16.2. The minimum absolute atomic E-state index is 0.0152. The summed E-state index contributed by atoms with van der Waals surface area (Å²) in [5, 5.41) is 0. The van der Waals surface area contributed by atoms with Gasteiger partial charge in [0.1, 0.15) is 13.2 Å². The van der Waals surface area contributed by atoms with Gasteiger partial charge in [-0.25, -0.2) is 0 Å². The largest absolute Gasteiger partial charge is 0.486 e. The summed E-state index contributed by atoms with van der Waals surface area (Å²) in [4.78, 5) is 29.0. The van der Waals surface area contributed by atoms with E-state index in [1.165, 1.54) is 0 Å². The number of benzene rings is 2. The highest BCUT2D eigenvalue weighted by atomic mass is 16.6. The van der Waals surface area contributed by atoms with Crippen LogP contribution in [0.4, 0.5) is 0 Å². The fourth-order valence-corrected chi connectivity index (χ4v) is 3.35. The second-order valence-electron chi connectivity index (χ2n) is 6.81. The maximum Gasteiger partial charge on any atom is 0.254 e. The molecule has 27 heavy (non-hydrogen) atoms. The van der Waals surface area contributed by atoms with Crippen molar-refractivity contribution in [2.24, 2.45) is 0 Å². The van der Waals surface area contributed by atoms with Crippen molar-refractivity contribution in [1.29, 1.82) is 0 Å². The summed E-state index contributed by atoms with van der Waals surface area (Å²) in [6.45, 7) is 5.11. The van der Waals surface area contributed by atoms with Gasteiger partial charge in [-0.3, -0.25) is 9.59 Å². The lowest BCUT2D eigenvalue weighted by Gasteiger charge is -2.35. The van der Waals surface area contributed by atoms with Gasteiger partial charge in [0.05, 0.1) is 0 Å². The minimum atomic E-state index is -0.0468. The van der Waals surface area contributed by atoms with Gasteiger partial charge in [0.25, 0.3) is 11.8 Å². The Hall–Kier alpha value is -3.02. The van der Waals surface area contributed by atoms with Crippen molar-refractivity contribution in [1.82, 2.24) is 9.80 Å². The van der Waals surface area contributed by atoms with E-state index in [0.29, 0.717) is 62.0 Å². The van der Waals surface area contributed by atoms with Crippen molar-refractivity contribution in [2.45, 2.75) is 6.92 Å². The Kier molecular flexibility index (Phi) is 4.71. The monoisotopic (exact) mass is 366 g/mol. The van der Waals surface area contributed by atoms with Crippen molar-refractivity contribution < 1.29 is 19.1 Å². The van der Waals surface area contributed by atoms with Crippen molar-refractivity contribution in [3.63, 3.8) is 0 Å². The summed E-state index contributed by atoms with van der Waals surface area (Å²) < 4.78 is 11.1. The second kappa shape index (κ2) is 7.31. The van der Waals surface area contributed by atoms with Gasteiger partial charge in [0.2, 0.25) is 0 Å². The van der Waals surface area contributed by atoms with Gasteiger partial charge in [0.15, 0.2) is 11.5 Å². The number of aryl methyl sites for hydroxylation is 1. The third-order valence-corrected chi connectivity index (χ3v) is 4.94. The third kappa shape index (κ3) is 3.60. The zero-order valence-corrected chi connectivity index (χ0v) is 15.3. The van der Waals surface area contributed by atoms with Crippen LogP contribution in [0.25, 0.3) is 0 Å². The van der Waals surface area contributed by atoms with Crippen molar-refractivity contribution in [2.75, 3.05) is 39.4 Å². The van der Waals surface area contributed by atoms with E-state index in [9.17, 15) is 9.59 Å². The molecule has 2 aliphatic rings. The van der Waals surface area contributed by atoms with Crippen LogP contribution in [0.2, 0.25) is 0 Å². The first kappa shape index (κ1) is 17.4. The fourth-order valence-electron chi connectivity index (χ4n) is 3.35. The highest BCUT2D eigenvalue weighted by Gasteiger charge is 2.26. The molecule has 4 rings (SSSR count). The van der Waals surface area contributed by atoms with Crippen LogP contribution in [0.15, 0.2) is 42.5 Å². The Morgan fingerprint density at radius 1 is 0.741 bits per heavy atom. The van der Waals surface area contributed by atoms with Gasteiger partial charge < -0.3 is 19.3 Å². The summed E-state index contributed by atoms with van der Waals surface area (Å²) >= 11 is 0. The molecule has 0 radical (unpaired) electrons. The molecule has 2 aliphatic heterocycles. The van der Waals surface area contributed by atoms with Gasteiger partial charge in [-0.15, -0.1) is 0 Å². The molecular formula is C21H22N2O4. The Bertz CT molecular complexity index is 855. The standard InChI is InChI=1S/C21H22N2O4/c1-15-2-4-16(5-3-15)20(24)22-8-10-23(11-9-22)21(25)17-6-7-18-19(14-17)27-13-12-26-18/h2-7,14H,8-13H2,1H3. The zero-order valence-electron chi connectivity index (χ0n) is 15.3. The molecule has 2 aromatic rings. The average Bonchev–Trinajstić information content (AvgIpc) is 2.73. The van der Waals surface area contributed by atoms with E-state index in [1.54, 1.807) is 28.0 Å². The third-order valence-electron chi connectivity index (χ3n) is 4.94. The van der Waals surface area contributed by atoms with Gasteiger partial charge in [0, 0.05) is 37.3 Å². The number of amides is 2. The highest BCUT2D eigenvalue weighted by Crippen LogP contribution is 2.31. The Morgan fingerprint density at radius 3 is 1.89 bits per heavy atom. The van der Waals surface area contributed by atoms with Gasteiger partial charge in [-0.1, -0.05) is 17.7 Å². The van der Waals surface area contributed by atoms with Crippen molar-refractivity contribution in [3.8, 4) is 11.5 Å². The first-order valence-corrected chi connectivity index (χ1v) is 9.17. The zero-order chi connectivity index (χ0) is 18.8. The molecule has 2 aromatic carbocycles. The van der Waals surface area contributed by atoms with Crippen molar-refractivity contribution in [3.05, 3.63) is 59.2 Å². The molecular weight excluding hydrogens is 344 g/mol. The molecule has 1 fully saturated rings. The van der Waals surface area contributed by atoms with E-state index in [1.807, 2.05) is 31.2 Å². The summed E-state index contributed by atoms with van der Waals surface area (Å²) in [6.07, 6.45) is 0. The van der Waals surface area contributed by atoms with Crippen molar-refractivity contribution >= 4 is 11.8 Å². The fraction of sp³-hybridized carbons (Fsp3) is 0.333. The van der Waals surface area contributed by atoms with Crippen LogP contribution in [0.5, 0.6) is 11.5 Å². The van der Waals surface area contributed by atoms with Crippen LogP contribution in [-0.2, 0) is 0 Å². The van der Waals surface area contributed by atoms with Gasteiger partial charge in [-0.05, 0) is 37.3 Å². The molecule has 6 heteroatoms. The van der Waals surface area contributed by atoms with Gasteiger partial charge >= 0.3 is 0 Å². The summed E-state index contributed by atoms with van der Waals surface area (Å²) in [5.74, 6) is 1.25. The number of rotatable bonds is 2. The molecule has 6 nitrogen and oxygen atoms in total. The molecule has 0 bridgehead atoms. The first-order valence-electron chi connectivity index (χ1n) is 9.17. The minimum Gasteiger partial charge on any atom is -0.486 e. The molecule has 0 N–H and O–H groups in total. The molecule has 2 heterocycles.